The van der Waals surface area contributed by atoms with Gasteiger partial charge in [0.15, 0.2) is 0 Å². The van der Waals surface area contributed by atoms with Crippen molar-refractivity contribution in [3.63, 3.8) is 0 Å². The molecule has 0 amide bonds. The third kappa shape index (κ3) is 187. The molecule has 0 saturated heterocycles. The number of rotatable bonds is 1. The monoisotopic (exact) mass is 361 g/mol. The SMILES string of the molecule is N#C[S-].N#C[S-].O=C(O)CI.[Co+2]. The van der Waals surface area contributed by atoms with E-state index in [0.717, 1.165) is 0 Å². The average molecular weight is 361 g/mol. The zero-order valence-electron chi connectivity index (χ0n) is 5.48. The van der Waals surface area contributed by atoms with Gasteiger partial charge in [-0.25, -0.2) is 10.5 Å². The van der Waals surface area contributed by atoms with Gasteiger partial charge < -0.3 is 30.4 Å². The van der Waals surface area contributed by atoms with Gasteiger partial charge in [-0.15, -0.1) is 0 Å². The first kappa shape index (κ1) is 22.7. The first-order valence-corrected chi connectivity index (χ1v) is 4.25. The van der Waals surface area contributed by atoms with Crippen LogP contribution in [0.25, 0.3) is 0 Å². The van der Waals surface area contributed by atoms with Crippen molar-refractivity contribution in [3.8, 4) is 10.8 Å². The Labute approximate surface area is 105 Å². The number of halogens is 1. The van der Waals surface area contributed by atoms with Crippen LogP contribution < -0.4 is 0 Å². The van der Waals surface area contributed by atoms with Crippen LogP contribution in [0, 0.1) is 21.3 Å². The molecule has 0 aliphatic carbocycles. The molecule has 0 fully saturated rings. The van der Waals surface area contributed by atoms with Gasteiger partial charge in [0.1, 0.15) is 0 Å². The molecule has 1 N–H and O–H groups in total. The molecule has 12 heavy (non-hydrogen) atoms. The molecule has 0 aromatic heterocycles. The Morgan fingerprint density at radius 1 is 1.42 bits per heavy atom. The van der Waals surface area contributed by atoms with E-state index in [2.05, 4.69) is 25.3 Å². The Kier molecular flexibility index (Phi) is 57.6. The van der Waals surface area contributed by atoms with E-state index < -0.39 is 5.97 Å². The van der Waals surface area contributed by atoms with Gasteiger partial charge in [0.25, 0.3) is 0 Å². The molecule has 0 aliphatic heterocycles. The fourth-order valence-corrected chi connectivity index (χ4v) is 0. The second-order valence-electron chi connectivity index (χ2n) is 0.710. The van der Waals surface area contributed by atoms with Crippen molar-refractivity contribution in [1.29, 1.82) is 10.5 Å². The second-order valence-corrected chi connectivity index (χ2v) is 1.84. The van der Waals surface area contributed by atoms with Crippen LogP contribution >= 0.6 is 22.6 Å². The number of aliphatic carboxylic acids is 1. The van der Waals surface area contributed by atoms with Gasteiger partial charge in [0.05, 0.1) is 4.43 Å². The van der Waals surface area contributed by atoms with Crippen LogP contribution in [0.2, 0.25) is 0 Å². The van der Waals surface area contributed by atoms with Crippen LogP contribution in [0.15, 0.2) is 0 Å². The van der Waals surface area contributed by atoms with Gasteiger partial charge in [-0.3, -0.25) is 4.79 Å². The molecule has 0 aromatic rings. The Hall–Kier alpha value is 0.126. The largest absolute Gasteiger partial charge is 2.00 e. The number of carboxylic acid groups (broad SMARTS) is 1. The maximum atomic E-state index is 9.36. The third-order valence-electron chi connectivity index (χ3n) is 0.114. The second kappa shape index (κ2) is 30.4. The van der Waals surface area contributed by atoms with Crippen LogP contribution in [-0.4, -0.2) is 15.5 Å². The summed E-state index contributed by atoms with van der Waals surface area (Å²) in [5, 5.41) is 24.6. The van der Waals surface area contributed by atoms with Crippen LogP contribution in [0.5, 0.6) is 0 Å². The first-order chi connectivity index (χ1) is 5.10. The van der Waals surface area contributed by atoms with E-state index in [-0.39, 0.29) is 21.2 Å². The normalized spacial score (nSPS) is 4.25. The maximum Gasteiger partial charge on any atom is 2.00 e. The van der Waals surface area contributed by atoms with Crippen LogP contribution in [-0.2, 0) is 46.8 Å². The van der Waals surface area contributed by atoms with E-state index >= 15 is 0 Å². The van der Waals surface area contributed by atoms with Crippen molar-refractivity contribution in [3.05, 3.63) is 0 Å². The summed E-state index contributed by atoms with van der Waals surface area (Å²) in [6, 6.07) is 0. The standard InChI is InChI=1S/C2H3IO2.2CHNS.Co/c3-1-2(4)5;2*2-1-3;/h1H2,(H,4,5);2*3H;/q;;;+2/p-2. The number of hydrogen-bond donors (Lipinski definition) is 1. The fourth-order valence-electron chi connectivity index (χ4n) is 0. The summed E-state index contributed by atoms with van der Waals surface area (Å²) < 4.78 is 0.192. The number of carboxylic acids is 1. The summed E-state index contributed by atoms with van der Waals surface area (Å²) in [4.78, 5) is 9.36. The zero-order valence-corrected chi connectivity index (χ0v) is 10.3. The number of carbonyl (C=O) groups is 1. The van der Waals surface area contributed by atoms with E-state index in [1.807, 2.05) is 0 Å². The Morgan fingerprint density at radius 3 is 1.50 bits per heavy atom. The van der Waals surface area contributed by atoms with Crippen molar-refractivity contribution >= 4 is 53.8 Å². The summed E-state index contributed by atoms with van der Waals surface area (Å²) in [5.41, 5.74) is 0. The number of hydrogen-bond acceptors (Lipinski definition) is 5. The van der Waals surface area contributed by atoms with Crippen LogP contribution in [0.1, 0.15) is 0 Å². The van der Waals surface area contributed by atoms with E-state index in [4.69, 9.17) is 15.6 Å². The number of alkyl halides is 1. The topological polar surface area (TPSA) is 84.9 Å². The summed E-state index contributed by atoms with van der Waals surface area (Å²) in [5.74, 6) is -0.759. The van der Waals surface area contributed by atoms with Crippen molar-refractivity contribution < 1.29 is 26.7 Å². The molecule has 0 aromatic carbocycles. The molecular formula is C4H3CoIN2O2S2. The van der Waals surface area contributed by atoms with Gasteiger partial charge in [-0.05, 0) is 0 Å². The molecule has 0 saturated carbocycles. The molecule has 69 valence electrons. The van der Waals surface area contributed by atoms with E-state index in [1.165, 1.54) is 10.8 Å². The fraction of sp³-hybridized carbons (Fsp3) is 0.250. The van der Waals surface area contributed by atoms with Crippen LogP contribution in [0.4, 0.5) is 0 Å². The number of nitrogens with zero attached hydrogens (tertiary/aromatic N) is 2. The summed E-state index contributed by atoms with van der Waals surface area (Å²) in [7, 11) is 0. The molecule has 0 bridgehead atoms. The van der Waals surface area contributed by atoms with Crippen molar-refractivity contribution in [2.24, 2.45) is 0 Å². The van der Waals surface area contributed by atoms with Crippen molar-refractivity contribution in [1.82, 2.24) is 0 Å². The van der Waals surface area contributed by atoms with Gasteiger partial charge in [-0.2, -0.15) is 0 Å². The van der Waals surface area contributed by atoms with Crippen LogP contribution in [0.3, 0.4) is 0 Å². The van der Waals surface area contributed by atoms with E-state index in [0.29, 0.717) is 0 Å². The smallest absolute Gasteiger partial charge is 0.696 e. The number of thiocyanates is 2. The molecule has 8 heteroatoms. The van der Waals surface area contributed by atoms with Gasteiger partial charge >= 0.3 is 22.7 Å². The molecule has 0 aliphatic rings. The molecular weight excluding hydrogens is 358 g/mol. The molecule has 0 heterocycles. The van der Waals surface area contributed by atoms with Gasteiger partial charge in [0.2, 0.25) is 0 Å². The maximum absolute atomic E-state index is 9.36. The van der Waals surface area contributed by atoms with Crippen molar-refractivity contribution in [2.75, 3.05) is 4.43 Å². The first-order valence-electron chi connectivity index (χ1n) is 1.90. The summed E-state index contributed by atoms with van der Waals surface area (Å²) >= 11 is 9.18. The van der Waals surface area contributed by atoms with Gasteiger partial charge in [0, 0.05) is 0 Å². The minimum Gasteiger partial charge on any atom is -0.696 e. The van der Waals surface area contributed by atoms with Gasteiger partial charge in [-0.1, -0.05) is 33.4 Å². The number of nitriles is 2. The van der Waals surface area contributed by atoms with Crippen molar-refractivity contribution in [2.45, 2.75) is 0 Å². The molecule has 0 rings (SSSR count). The minimum atomic E-state index is -0.759. The predicted octanol–water partition coefficient (Wildman–Crippen LogP) is 0.532. The quantitative estimate of drug-likeness (QED) is 0.318. The Bertz CT molecular complexity index is 155. The molecule has 0 spiro atoms. The summed E-state index contributed by atoms with van der Waals surface area (Å²) in [6.45, 7) is 0. The molecule has 0 unspecified atom stereocenters. The Morgan fingerprint density at radius 2 is 1.50 bits per heavy atom. The third-order valence-corrected chi connectivity index (χ3v) is 0.767. The Balaban J connectivity index is -0.0000000406. The predicted molar refractivity (Wildman–Crippen MR) is 52.5 cm³/mol. The summed E-state index contributed by atoms with van der Waals surface area (Å²) in [6.07, 6.45) is 0. The molecule has 0 atom stereocenters. The van der Waals surface area contributed by atoms with E-state index in [1.54, 1.807) is 22.6 Å². The molecule has 1 radical (unpaired) electrons. The minimum absolute atomic E-state index is 0. The average Bonchev–Trinajstić information content (AvgIpc) is 1.91. The zero-order chi connectivity index (χ0) is 9.70. The molecule has 4 nitrogen and oxygen atoms in total. The van der Waals surface area contributed by atoms with E-state index in [9.17, 15) is 4.79 Å².